The fourth-order valence-electron chi connectivity index (χ4n) is 2.83. The topological polar surface area (TPSA) is 32.3 Å². The molecule has 3 rings (SSSR count). The third kappa shape index (κ3) is 3.59. The second-order valence-electron chi connectivity index (χ2n) is 5.99. The molecule has 114 valence electrons. The average Bonchev–Trinajstić information content (AvgIpc) is 3.33. The van der Waals surface area contributed by atoms with Gasteiger partial charge in [-0.15, -0.1) is 0 Å². The molecule has 2 aliphatic rings. The monoisotopic (exact) mass is 294 g/mol. The Hall–Kier alpha value is -1.49. The zero-order valence-electron chi connectivity index (χ0n) is 11.9. The Bertz CT molecular complexity index is 523. The van der Waals surface area contributed by atoms with Crippen LogP contribution in [0.5, 0.6) is 0 Å². The Morgan fingerprint density at radius 1 is 1.19 bits per heavy atom. The van der Waals surface area contributed by atoms with E-state index in [9.17, 15) is 13.6 Å². The molecule has 0 atom stereocenters. The third-order valence-corrected chi connectivity index (χ3v) is 4.32. The van der Waals surface area contributed by atoms with Crippen molar-refractivity contribution in [3.05, 3.63) is 35.4 Å². The highest BCUT2D eigenvalue weighted by atomic mass is 19.1. The molecular weight excluding hydrogens is 274 g/mol. The van der Waals surface area contributed by atoms with Gasteiger partial charge in [0.2, 0.25) is 5.91 Å². The van der Waals surface area contributed by atoms with Crippen molar-refractivity contribution in [2.24, 2.45) is 5.92 Å². The molecule has 1 amide bonds. The normalized spacial score (nSPS) is 19.8. The quantitative estimate of drug-likeness (QED) is 0.925. The van der Waals surface area contributed by atoms with Crippen LogP contribution in [0.25, 0.3) is 0 Å². The van der Waals surface area contributed by atoms with Crippen LogP contribution in [0.15, 0.2) is 18.2 Å². The summed E-state index contributed by atoms with van der Waals surface area (Å²) >= 11 is 0. The molecule has 0 radical (unpaired) electrons. The minimum Gasteiger partial charge on any atom is -0.342 e. The van der Waals surface area contributed by atoms with Gasteiger partial charge in [-0.1, -0.05) is 0 Å². The van der Waals surface area contributed by atoms with E-state index in [-0.39, 0.29) is 17.8 Å². The highest BCUT2D eigenvalue weighted by Crippen LogP contribution is 2.31. The van der Waals surface area contributed by atoms with Gasteiger partial charge in [0.25, 0.3) is 0 Å². The number of nitrogens with one attached hydrogen (secondary N) is 1. The second-order valence-corrected chi connectivity index (χ2v) is 5.99. The molecular formula is C16H20F2N2O. The van der Waals surface area contributed by atoms with E-state index >= 15 is 0 Å². The number of rotatable bonds is 4. The Labute approximate surface area is 123 Å². The molecule has 0 unspecified atom stereocenters. The number of hydrogen-bond donors (Lipinski definition) is 1. The Morgan fingerprint density at radius 3 is 2.57 bits per heavy atom. The number of hydrogen-bond acceptors (Lipinski definition) is 2. The van der Waals surface area contributed by atoms with E-state index in [4.69, 9.17) is 0 Å². The molecule has 2 fully saturated rings. The summed E-state index contributed by atoms with van der Waals surface area (Å²) in [5, 5.41) is 3.27. The van der Waals surface area contributed by atoms with Crippen LogP contribution in [-0.2, 0) is 11.3 Å². The van der Waals surface area contributed by atoms with Gasteiger partial charge in [0.15, 0.2) is 0 Å². The summed E-state index contributed by atoms with van der Waals surface area (Å²) in [6, 6.07) is 3.77. The van der Waals surface area contributed by atoms with Crippen molar-refractivity contribution >= 4 is 5.91 Å². The van der Waals surface area contributed by atoms with Crippen LogP contribution in [0.1, 0.15) is 31.2 Å². The number of likely N-dealkylation sites (tertiary alicyclic amines) is 1. The molecule has 21 heavy (non-hydrogen) atoms. The molecule has 5 heteroatoms. The first-order chi connectivity index (χ1) is 10.1. The lowest BCUT2D eigenvalue weighted by Crippen LogP contribution is -2.45. The van der Waals surface area contributed by atoms with Gasteiger partial charge in [0.05, 0.1) is 0 Å². The average molecular weight is 294 g/mol. The Kier molecular flexibility index (Phi) is 4.19. The van der Waals surface area contributed by atoms with Crippen molar-refractivity contribution in [3.63, 3.8) is 0 Å². The lowest BCUT2D eigenvalue weighted by Gasteiger charge is -2.32. The zero-order chi connectivity index (χ0) is 14.8. The van der Waals surface area contributed by atoms with Gasteiger partial charge in [-0.3, -0.25) is 4.79 Å². The van der Waals surface area contributed by atoms with Gasteiger partial charge in [-0.05, 0) is 43.9 Å². The summed E-state index contributed by atoms with van der Waals surface area (Å²) in [6.07, 6.45) is 3.82. The predicted molar refractivity (Wildman–Crippen MR) is 75.5 cm³/mol. The van der Waals surface area contributed by atoms with E-state index in [1.165, 1.54) is 6.07 Å². The summed E-state index contributed by atoms with van der Waals surface area (Å²) in [7, 11) is 0. The van der Waals surface area contributed by atoms with Crippen LogP contribution >= 0.6 is 0 Å². The first-order valence-electron chi connectivity index (χ1n) is 7.59. The summed E-state index contributed by atoms with van der Waals surface area (Å²) in [4.78, 5) is 13.9. The van der Waals surface area contributed by atoms with Gasteiger partial charge in [-0.25, -0.2) is 8.78 Å². The molecule has 1 saturated carbocycles. The van der Waals surface area contributed by atoms with E-state index in [0.29, 0.717) is 18.0 Å². The van der Waals surface area contributed by atoms with Crippen molar-refractivity contribution in [1.29, 1.82) is 0 Å². The lowest BCUT2D eigenvalue weighted by atomic mass is 10.0. The van der Waals surface area contributed by atoms with Crippen LogP contribution in [0.3, 0.4) is 0 Å². The fraction of sp³-hybridized carbons (Fsp3) is 0.562. The number of carbonyl (C=O) groups excluding carboxylic acids is 1. The minimum absolute atomic E-state index is 0.260. The molecule has 0 spiro atoms. The minimum atomic E-state index is -0.418. The Morgan fingerprint density at radius 2 is 1.90 bits per heavy atom. The maximum absolute atomic E-state index is 13.5. The molecule has 1 aliphatic heterocycles. The number of carbonyl (C=O) groups is 1. The molecule has 0 aromatic heterocycles. The summed E-state index contributed by atoms with van der Waals surface area (Å²) in [5.41, 5.74) is 0.353. The molecule has 1 N–H and O–H groups in total. The van der Waals surface area contributed by atoms with Crippen LogP contribution in [0.4, 0.5) is 8.78 Å². The zero-order valence-corrected chi connectivity index (χ0v) is 11.9. The first-order valence-corrected chi connectivity index (χ1v) is 7.59. The molecule has 1 aromatic carbocycles. The third-order valence-electron chi connectivity index (χ3n) is 4.32. The van der Waals surface area contributed by atoms with Crippen molar-refractivity contribution in [3.8, 4) is 0 Å². The number of benzene rings is 1. The summed E-state index contributed by atoms with van der Waals surface area (Å²) < 4.78 is 26.6. The van der Waals surface area contributed by atoms with E-state index in [1.807, 2.05) is 4.90 Å². The van der Waals surface area contributed by atoms with Crippen molar-refractivity contribution in [1.82, 2.24) is 10.2 Å². The fourth-order valence-corrected chi connectivity index (χ4v) is 2.83. The molecule has 1 saturated heterocycles. The maximum atomic E-state index is 13.5. The van der Waals surface area contributed by atoms with Gasteiger partial charge < -0.3 is 10.2 Å². The number of piperidine rings is 1. The summed E-state index contributed by atoms with van der Waals surface area (Å²) in [5.74, 6) is -0.233. The number of nitrogens with zero attached hydrogens (tertiary/aromatic N) is 1. The predicted octanol–water partition coefficient (Wildman–Crippen LogP) is 2.46. The van der Waals surface area contributed by atoms with Crippen LogP contribution in [0, 0.1) is 17.6 Å². The van der Waals surface area contributed by atoms with Crippen LogP contribution in [0.2, 0.25) is 0 Å². The van der Waals surface area contributed by atoms with Crippen molar-refractivity contribution in [2.75, 3.05) is 13.1 Å². The second kappa shape index (κ2) is 6.10. The van der Waals surface area contributed by atoms with E-state index in [0.717, 1.165) is 50.9 Å². The molecule has 3 nitrogen and oxygen atoms in total. The molecule has 0 bridgehead atoms. The van der Waals surface area contributed by atoms with Crippen molar-refractivity contribution in [2.45, 2.75) is 38.3 Å². The molecule has 1 aliphatic carbocycles. The maximum Gasteiger partial charge on any atom is 0.225 e. The largest absolute Gasteiger partial charge is 0.342 e. The van der Waals surface area contributed by atoms with Gasteiger partial charge >= 0.3 is 0 Å². The van der Waals surface area contributed by atoms with Gasteiger partial charge in [0, 0.05) is 37.2 Å². The standard InChI is InChI=1S/C16H20F2N2O/c17-13-3-4-15(18)12(9-13)10-19-14-5-7-20(8-6-14)16(21)11-1-2-11/h3-4,9,11,14,19H,1-2,5-8,10H2. The lowest BCUT2D eigenvalue weighted by molar-refractivity contribution is -0.133. The highest BCUT2D eigenvalue weighted by molar-refractivity contribution is 5.81. The number of halogens is 2. The SMILES string of the molecule is O=C(C1CC1)N1CCC(NCc2cc(F)ccc2F)CC1. The van der Waals surface area contributed by atoms with Gasteiger partial charge in [-0.2, -0.15) is 0 Å². The van der Waals surface area contributed by atoms with Crippen LogP contribution in [-0.4, -0.2) is 29.9 Å². The smallest absolute Gasteiger partial charge is 0.225 e. The van der Waals surface area contributed by atoms with E-state index in [1.54, 1.807) is 0 Å². The molecule has 1 heterocycles. The van der Waals surface area contributed by atoms with Crippen LogP contribution < -0.4 is 5.32 Å². The summed E-state index contributed by atoms with van der Waals surface area (Å²) in [6.45, 7) is 1.85. The van der Waals surface area contributed by atoms with E-state index < -0.39 is 5.82 Å². The molecule has 1 aromatic rings. The first kappa shape index (κ1) is 14.4. The Balaban J connectivity index is 1.47. The number of amides is 1. The highest BCUT2D eigenvalue weighted by Gasteiger charge is 2.34. The van der Waals surface area contributed by atoms with Crippen molar-refractivity contribution < 1.29 is 13.6 Å². The van der Waals surface area contributed by atoms with Gasteiger partial charge in [0.1, 0.15) is 11.6 Å². The van der Waals surface area contributed by atoms with E-state index in [2.05, 4.69) is 5.32 Å².